The van der Waals surface area contributed by atoms with E-state index in [1.165, 1.54) is 19.2 Å². The summed E-state index contributed by atoms with van der Waals surface area (Å²) in [6, 6.07) is 3.83. The molecule has 0 bridgehead atoms. The van der Waals surface area contributed by atoms with Gasteiger partial charge in [0.05, 0.1) is 31.8 Å². The van der Waals surface area contributed by atoms with Gasteiger partial charge in [0, 0.05) is 0 Å². The van der Waals surface area contributed by atoms with E-state index >= 15 is 0 Å². The summed E-state index contributed by atoms with van der Waals surface area (Å²) in [5.74, 6) is -0.993. The summed E-state index contributed by atoms with van der Waals surface area (Å²) < 4.78 is 18.9. The Bertz CT molecular complexity index is 494. The minimum Gasteiger partial charge on any atom is -0.496 e. The number of ether oxygens (including phenoxy) is 1. The first-order valence-electron chi connectivity index (χ1n) is 6.08. The largest absolute Gasteiger partial charge is 0.496 e. The van der Waals surface area contributed by atoms with Gasteiger partial charge >= 0.3 is 0 Å². The first-order valence-corrected chi connectivity index (χ1v) is 6.08. The zero-order chi connectivity index (χ0) is 15.1. The summed E-state index contributed by atoms with van der Waals surface area (Å²) in [6.07, 6.45) is 0. The first kappa shape index (κ1) is 15.9. The SMILES string of the molecule is COc1cccc(F)c1C(C)NC(=O)CNC(=O)CN. The lowest BCUT2D eigenvalue weighted by Gasteiger charge is -2.18. The van der Waals surface area contributed by atoms with Crippen LogP contribution in [0.15, 0.2) is 18.2 Å². The van der Waals surface area contributed by atoms with Gasteiger partial charge in [0.2, 0.25) is 11.8 Å². The van der Waals surface area contributed by atoms with E-state index in [0.717, 1.165) is 0 Å². The van der Waals surface area contributed by atoms with Crippen LogP contribution < -0.4 is 21.1 Å². The van der Waals surface area contributed by atoms with Crippen molar-refractivity contribution in [1.29, 1.82) is 0 Å². The van der Waals surface area contributed by atoms with Crippen LogP contribution in [-0.4, -0.2) is 32.0 Å². The topological polar surface area (TPSA) is 93.5 Å². The van der Waals surface area contributed by atoms with Gasteiger partial charge in [-0.1, -0.05) is 6.07 Å². The maximum atomic E-state index is 13.8. The molecule has 110 valence electrons. The quantitative estimate of drug-likeness (QED) is 0.689. The van der Waals surface area contributed by atoms with Crippen LogP contribution in [0.5, 0.6) is 5.75 Å². The van der Waals surface area contributed by atoms with Crippen molar-refractivity contribution in [3.8, 4) is 5.75 Å². The van der Waals surface area contributed by atoms with Gasteiger partial charge in [0.15, 0.2) is 0 Å². The zero-order valence-electron chi connectivity index (χ0n) is 11.4. The number of hydrogen-bond acceptors (Lipinski definition) is 4. The summed E-state index contributed by atoms with van der Waals surface area (Å²) in [5.41, 5.74) is 5.36. The van der Waals surface area contributed by atoms with E-state index in [9.17, 15) is 14.0 Å². The number of hydrogen-bond donors (Lipinski definition) is 3. The maximum Gasteiger partial charge on any atom is 0.239 e. The predicted octanol–water partition coefficient (Wildman–Crippen LogP) is 0.0864. The van der Waals surface area contributed by atoms with Crippen molar-refractivity contribution in [3.63, 3.8) is 0 Å². The second-order valence-corrected chi connectivity index (χ2v) is 4.13. The van der Waals surface area contributed by atoms with Crippen molar-refractivity contribution in [3.05, 3.63) is 29.6 Å². The van der Waals surface area contributed by atoms with Crippen LogP contribution >= 0.6 is 0 Å². The van der Waals surface area contributed by atoms with Gasteiger partial charge in [-0.3, -0.25) is 9.59 Å². The molecule has 7 heteroatoms. The number of amides is 2. The number of rotatable bonds is 6. The van der Waals surface area contributed by atoms with Crippen LogP contribution in [0.1, 0.15) is 18.5 Å². The molecule has 1 rings (SSSR count). The van der Waals surface area contributed by atoms with Crippen molar-refractivity contribution in [1.82, 2.24) is 10.6 Å². The number of methoxy groups -OCH3 is 1. The molecule has 0 spiro atoms. The fourth-order valence-electron chi connectivity index (χ4n) is 1.73. The van der Waals surface area contributed by atoms with Gasteiger partial charge in [0.1, 0.15) is 11.6 Å². The number of nitrogens with two attached hydrogens (primary N) is 1. The lowest BCUT2D eigenvalue weighted by Crippen LogP contribution is -2.40. The Balaban J connectivity index is 2.69. The molecular formula is C13H18FN3O3. The highest BCUT2D eigenvalue weighted by Crippen LogP contribution is 2.27. The maximum absolute atomic E-state index is 13.8. The van der Waals surface area contributed by atoms with Crippen LogP contribution in [0.4, 0.5) is 4.39 Å². The molecule has 1 atom stereocenters. The minimum atomic E-state index is -0.589. The van der Waals surface area contributed by atoms with E-state index < -0.39 is 23.7 Å². The summed E-state index contributed by atoms with van der Waals surface area (Å²) >= 11 is 0. The van der Waals surface area contributed by atoms with Crippen molar-refractivity contribution in [2.45, 2.75) is 13.0 Å². The van der Waals surface area contributed by atoms with Gasteiger partial charge in [-0.2, -0.15) is 0 Å². The van der Waals surface area contributed by atoms with E-state index in [-0.39, 0.29) is 18.7 Å². The molecule has 0 aromatic heterocycles. The number of carbonyl (C=O) groups is 2. The van der Waals surface area contributed by atoms with Crippen LogP contribution in [0, 0.1) is 5.82 Å². The lowest BCUT2D eigenvalue weighted by molar-refractivity contribution is -0.125. The minimum absolute atomic E-state index is 0.191. The summed E-state index contributed by atoms with van der Waals surface area (Å²) in [6.45, 7) is 1.23. The third-order valence-electron chi connectivity index (χ3n) is 2.67. The second kappa shape index (κ2) is 7.44. The molecule has 4 N–H and O–H groups in total. The third kappa shape index (κ3) is 4.20. The molecule has 0 radical (unpaired) electrons. The molecule has 1 aromatic rings. The normalized spacial score (nSPS) is 11.6. The average Bonchev–Trinajstić information content (AvgIpc) is 2.43. The number of halogens is 1. The fourth-order valence-corrected chi connectivity index (χ4v) is 1.73. The lowest BCUT2D eigenvalue weighted by atomic mass is 10.1. The van der Waals surface area contributed by atoms with Gasteiger partial charge in [0.25, 0.3) is 0 Å². The molecule has 0 saturated heterocycles. The fraction of sp³-hybridized carbons (Fsp3) is 0.385. The molecule has 20 heavy (non-hydrogen) atoms. The molecule has 1 unspecified atom stereocenters. The molecule has 0 heterocycles. The van der Waals surface area contributed by atoms with Crippen LogP contribution in [-0.2, 0) is 9.59 Å². The average molecular weight is 283 g/mol. The van der Waals surface area contributed by atoms with Gasteiger partial charge in [-0.15, -0.1) is 0 Å². The summed E-state index contributed by atoms with van der Waals surface area (Å²) in [4.78, 5) is 22.6. The Hall–Kier alpha value is -2.15. The summed E-state index contributed by atoms with van der Waals surface area (Å²) in [7, 11) is 1.42. The van der Waals surface area contributed by atoms with Crippen molar-refractivity contribution in [2.75, 3.05) is 20.2 Å². The molecule has 0 aliphatic heterocycles. The van der Waals surface area contributed by atoms with Crippen LogP contribution in [0.25, 0.3) is 0 Å². The molecule has 0 aliphatic rings. The number of benzene rings is 1. The van der Waals surface area contributed by atoms with Gasteiger partial charge in [-0.25, -0.2) is 4.39 Å². The van der Waals surface area contributed by atoms with E-state index in [1.54, 1.807) is 13.0 Å². The van der Waals surface area contributed by atoms with E-state index in [0.29, 0.717) is 5.75 Å². The van der Waals surface area contributed by atoms with E-state index in [1.807, 2.05) is 0 Å². The van der Waals surface area contributed by atoms with Crippen molar-refractivity contribution in [2.24, 2.45) is 5.73 Å². The zero-order valence-corrected chi connectivity index (χ0v) is 11.4. The van der Waals surface area contributed by atoms with E-state index in [4.69, 9.17) is 10.5 Å². The van der Waals surface area contributed by atoms with Crippen LogP contribution in [0.3, 0.4) is 0 Å². The molecule has 1 aromatic carbocycles. The molecule has 0 aliphatic carbocycles. The number of carbonyl (C=O) groups excluding carboxylic acids is 2. The first-order chi connectivity index (χ1) is 9.49. The van der Waals surface area contributed by atoms with Gasteiger partial charge in [-0.05, 0) is 19.1 Å². The molecule has 0 saturated carbocycles. The van der Waals surface area contributed by atoms with E-state index in [2.05, 4.69) is 10.6 Å². The highest BCUT2D eigenvalue weighted by atomic mass is 19.1. The monoisotopic (exact) mass is 283 g/mol. The number of nitrogens with one attached hydrogen (secondary N) is 2. The molecule has 6 nitrogen and oxygen atoms in total. The standard InChI is InChI=1S/C13H18FN3O3/c1-8(17-12(19)7-16-11(18)6-15)13-9(14)4-3-5-10(13)20-2/h3-5,8H,6-7,15H2,1-2H3,(H,16,18)(H,17,19). The van der Waals surface area contributed by atoms with Crippen molar-refractivity contribution >= 4 is 11.8 Å². The molecule has 0 fully saturated rings. The second-order valence-electron chi connectivity index (χ2n) is 4.13. The Morgan fingerprint density at radius 1 is 1.40 bits per heavy atom. The van der Waals surface area contributed by atoms with Crippen molar-refractivity contribution < 1.29 is 18.7 Å². The van der Waals surface area contributed by atoms with Gasteiger partial charge < -0.3 is 21.1 Å². The molecule has 2 amide bonds. The Morgan fingerprint density at radius 3 is 2.70 bits per heavy atom. The predicted molar refractivity (Wildman–Crippen MR) is 71.6 cm³/mol. The highest BCUT2D eigenvalue weighted by Gasteiger charge is 2.18. The third-order valence-corrected chi connectivity index (χ3v) is 2.67. The van der Waals surface area contributed by atoms with Crippen LogP contribution in [0.2, 0.25) is 0 Å². The highest BCUT2D eigenvalue weighted by molar-refractivity contribution is 5.85. The molecular weight excluding hydrogens is 265 g/mol. The Labute approximate surface area is 116 Å². The summed E-state index contributed by atoms with van der Waals surface area (Å²) in [5, 5.41) is 4.91. The smallest absolute Gasteiger partial charge is 0.239 e. The Kier molecular flexibility index (Phi) is 5.92. The Morgan fingerprint density at radius 2 is 2.10 bits per heavy atom.